The van der Waals surface area contributed by atoms with Crippen LogP contribution in [0.2, 0.25) is 0 Å². The van der Waals surface area contributed by atoms with Crippen molar-refractivity contribution in [1.82, 2.24) is 0 Å². The molecule has 0 atom stereocenters. The van der Waals surface area contributed by atoms with Crippen molar-refractivity contribution in [2.75, 3.05) is 13.7 Å². The monoisotopic (exact) mass is 299 g/mol. The zero-order valence-corrected chi connectivity index (χ0v) is 12.8. The number of halogens is 1. The highest BCUT2D eigenvalue weighted by atomic mass is 79.9. The lowest BCUT2D eigenvalue weighted by Gasteiger charge is -2.18. The molecule has 0 heterocycles. The van der Waals surface area contributed by atoms with Gasteiger partial charge in [0.25, 0.3) is 0 Å². The second-order valence-electron chi connectivity index (χ2n) is 4.45. The first-order chi connectivity index (χ1) is 8.04. The summed E-state index contributed by atoms with van der Waals surface area (Å²) in [5, 5.41) is 0. The molecule has 0 aliphatic carbocycles. The molecule has 0 amide bonds. The fourth-order valence-corrected chi connectivity index (χ4v) is 2.91. The molecule has 0 aliphatic heterocycles. The second kappa shape index (κ2) is 6.41. The van der Waals surface area contributed by atoms with Crippen LogP contribution in [0.1, 0.15) is 35.1 Å². The van der Waals surface area contributed by atoms with E-state index in [0.29, 0.717) is 0 Å². The average molecular weight is 300 g/mol. The molecular formula is C14H22BrNO. The molecule has 1 aromatic carbocycles. The van der Waals surface area contributed by atoms with Gasteiger partial charge in [0.05, 0.1) is 11.6 Å². The molecule has 96 valence electrons. The third-order valence-corrected chi connectivity index (χ3v) is 4.38. The zero-order valence-electron chi connectivity index (χ0n) is 11.2. The van der Waals surface area contributed by atoms with E-state index in [9.17, 15) is 0 Å². The molecule has 0 radical (unpaired) electrons. The average Bonchev–Trinajstić information content (AvgIpc) is 2.32. The largest absolute Gasteiger partial charge is 0.495 e. The Hall–Kier alpha value is -0.540. The van der Waals surface area contributed by atoms with Gasteiger partial charge in [-0.25, -0.2) is 0 Å². The van der Waals surface area contributed by atoms with Crippen LogP contribution in [0, 0.1) is 20.8 Å². The Bertz CT molecular complexity index is 373. The lowest BCUT2D eigenvalue weighted by Crippen LogP contribution is -2.04. The van der Waals surface area contributed by atoms with E-state index in [4.69, 9.17) is 10.5 Å². The normalized spacial score (nSPS) is 10.7. The van der Waals surface area contributed by atoms with Gasteiger partial charge in [-0.3, -0.25) is 0 Å². The van der Waals surface area contributed by atoms with Gasteiger partial charge in [-0.2, -0.15) is 0 Å². The molecule has 0 saturated carbocycles. The molecule has 2 N–H and O–H groups in total. The van der Waals surface area contributed by atoms with Crippen molar-refractivity contribution in [2.45, 2.75) is 40.0 Å². The Morgan fingerprint density at radius 2 is 1.71 bits per heavy atom. The summed E-state index contributed by atoms with van der Waals surface area (Å²) in [4.78, 5) is 0. The van der Waals surface area contributed by atoms with Crippen LogP contribution in [0.4, 0.5) is 0 Å². The summed E-state index contributed by atoms with van der Waals surface area (Å²) < 4.78 is 6.54. The first-order valence-electron chi connectivity index (χ1n) is 6.06. The quantitative estimate of drug-likeness (QED) is 0.842. The summed E-state index contributed by atoms with van der Waals surface area (Å²) >= 11 is 3.64. The smallest absolute Gasteiger partial charge is 0.136 e. The number of nitrogens with two attached hydrogens (primary N) is 1. The van der Waals surface area contributed by atoms with E-state index < -0.39 is 0 Å². The predicted octanol–water partition coefficient (Wildman–Crippen LogP) is 3.66. The van der Waals surface area contributed by atoms with Crippen LogP contribution < -0.4 is 10.5 Å². The van der Waals surface area contributed by atoms with Crippen LogP contribution >= 0.6 is 15.9 Å². The third-order valence-electron chi connectivity index (χ3n) is 3.42. The van der Waals surface area contributed by atoms with Crippen molar-refractivity contribution in [1.29, 1.82) is 0 Å². The molecule has 0 bridgehead atoms. The van der Waals surface area contributed by atoms with Crippen LogP contribution in [0.25, 0.3) is 0 Å². The van der Waals surface area contributed by atoms with Crippen LogP contribution in [0.5, 0.6) is 5.75 Å². The third kappa shape index (κ3) is 3.02. The standard InChI is InChI=1S/C14H22BrNO/c1-9-10(2)14(17-4)13(15)11(3)12(9)7-5-6-8-16/h5-8,16H2,1-4H3. The van der Waals surface area contributed by atoms with E-state index >= 15 is 0 Å². The van der Waals surface area contributed by atoms with Gasteiger partial charge in [0.2, 0.25) is 0 Å². The highest BCUT2D eigenvalue weighted by molar-refractivity contribution is 9.10. The molecule has 0 spiro atoms. The SMILES string of the molecule is COc1c(C)c(C)c(CCCCN)c(C)c1Br. The molecule has 3 heteroatoms. The number of hydrogen-bond acceptors (Lipinski definition) is 2. The summed E-state index contributed by atoms with van der Waals surface area (Å²) in [6.07, 6.45) is 3.33. The lowest BCUT2D eigenvalue weighted by atomic mass is 9.93. The maximum atomic E-state index is 5.54. The maximum Gasteiger partial charge on any atom is 0.136 e. The van der Waals surface area contributed by atoms with E-state index in [-0.39, 0.29) is 0 Å². The molecule has 0 unspecified atom stereocenters. The maximum absolute atomic E-state index is 5.54. The molecule has 1 aromatic rings. The highest BCUT2D eigenvalue weighted by Gasteiger charge is 2.15. The first kappa shape index (κ1) is 14.5. The van der Waals surface area contributed by atoms with Crippen molar-refractivity contribution >= 4 is 15.9 Å². The van der Waals surface area contributed by atoms with Gasteiger partial charge in [0, 0.05) is 0 Å². The summed E-state index contributed by atoms with van der Waals surface area (Å²) in [6, 6.07) is 0. The molecule has 0 fully saturated rings. The number of unbranched alkanes of at least 4 members (excludes halogenated alkanes) is 1. The minimum Gasteiger partial charge on any atom is -0.495 e. The van der Waals surface area contributed by atoms with Crippen molar-refractivity contribution in [3.63, 3.8) is 0 Å². The van der Waals surface area contributed by atoms with E-state index in [1.54, 1.807) is 7.11 Å². The topological polar surface area (TPSA) is 35.2 Å². The molecule has 1 rings (SSSR count). The Kier molecular flexibility index (Phi) is 5.47. The Morgan fingerprint density at radius 3 is 2.24 bits per heavy atom. The Balaban J connectivity index is 3.13. The van der Waals surface area contributed by atoms with Gasteiger partial charge in [0.1, 0.15) is 5.75 Å². The van der Waals surface area contributed by atoms with Gasteiger partial charge in [-0.05, 0) is 84.8 Å². The Morgan fingerprint density at radius 1 is 1.06 bits per heavy atom. The molecular weight excluding hydrogens is 278 g/mol. The van der Waals surface area contributed by atoms with Gasteiger partial charge >= 0.3 is 0 Å². The van der Waals surface area contributed by atoms with Crippen LogP contribution in [-0.4, -0.2) is 13.7 Å². The minimum absolute atomic E-state index is 0.772. The van der Waals surface area contributed by atoms with Gasteiger partial charge in [0.15, 0.2) is 0 Å². The Labute approximate surface area is 113 Å². The molecule has 2 nitrogen and oxygen atoms in total. The van der Waals surface area contributed by atoms with Gasteiger partial charge in [-0.15, -0.1) is 0 Å². The lowest BCUT2D eigenvalue weighted by molar-refractivity contribution is 0.408. The van der Waals surface area contributed by atoms with Gasteiger partial charge < -0.3 is 10.5 Å². The second-order valence-corrected chi connectivity index (χ2v) is 5.24. The number of rotatable bonds is 5. The summed E-state index contributed by atoms with van der Waals surface area (Å²) in [5.41, 5.74) is 10.8. The number of benzene rings is 1. The fourth-order valence-electron chi connectivity index (χ4n) is 2.21. The van der Waals surface area contributed by atoms with Crippen LogP contribution in [-0.2, 0) is 6.42 Å². The van der Waals surface area contributed by atoms with Gasteiger partial charge in [-0.1, -0.05) is 0 Å². The van der Waals surface area contributed by atoms with Crippen molar-refractivity contribution in [2.24, 2.45) is 5.73 Å². The number of ether oxygens (including phenoxy) is 1. The molecule has 0 aromatic heterocycles. The van der Waals surface area contributed by atoms with Crippen molar-refractivity contribution in [3.05, 3.63) is 26.7 Å². The van der Waals surface area contributed by atoms with Crippen molar-refractivity contribution < 1.29 is 4.74 Å². The van der Waals surface area contributed by atoms with E-state index in [2.05, 4.69) is 36.7 Å². The van der Waals surface area contributed by atoms with E-state index in [0.717, 1.165) is 36.0 Å². The molecule has 0 aliphatic rings. The van der Waals surface area contributed by atoms with E-state index in [1.807, 2.05) is 0 Å². The minimum atomic E-state index is 0.772. The highest BCUT2D eigenvalue weighted by Crippen LogP contribution is 2.37. The summed E-state index contributed by atoms with van der Waals surface area (Å²) in [5.74, 6) is 0.961. The van der Waals surface area contributed by atoms with Crippen molar-refractivity contribution in [3.8, 4) is 5.75 Å². The number of hydrogen-bond donors (Lipinski definition) is 1. The molecule has 0 saturated heterocycles. The summed E-state index contributed by atoms with van der Waals surface area (Å²) in [7, 11) is 1.72. The first-order valence-corrected chi connectivity index (χ1v) is 6.86. The fraction of sp³-hybridized carbons (Fsp3) is 0.571. The van der Waals surface area contributed by atoms with Crippen LogP contribution in [0.3, 0.4) is 0 Å². The van der Waals surface area contributed by atoms with E-state index in [1.165, 1.54) is 22.3 Å². The molecule has 17 heavy (non-hydrogen) atoms. The number of methoxy groups -OCH3 is 1. The summed E-state index contributed by atoms with van der Waals surface area (Å²) in [6.45, 7) is 7.21. The predicted molar refractivity (Wildman–Crippen MR) is 76.9 cm³/mol. The zero-order chi connectivity index (χ0) is 13.0. The van der Waals surface area contributed by atoms with Crippen LogP contribution in [0.15, 0.2) is 4.47 Å².